The highest BCUT2D eigenvalue weighted by Gasteiger charge is 2.39. The smallest absolute Gasteiger partial charge is 0.407 e. The van der Waals surface area contributed by atoms with Crippen LogP contribution in [0.1, 0.15) is 32.1 Å². The summed E-state index contributed by atoms with van der Waals surface area (Å²) in [5.74, 6) is 0.444. The molecule has 2 fully saturated rings. The van der Waals surface area contributed by atoms with Crippen LogP contribution in [0.4, 0.5) is 4.79 Å². The molecule has 4 nitrogen and oxygen atoms in total. The normalized spacial score (nSPS) is 33.9. The molecule has 1 heterocycles. The molecule has 0 aromatic heterocycles. The fourth-order valence-corrected chi connectivity index (χ4v) is 2.51. The van der Waals surface area contributed by atoms with E-state index < -0.39 is 0 Å². The Labute approximate surface area is 83.6 Å². The second kappa shape index (κ2) is 4.17. The maximum absolute atomic E-state index is 11.0. The summed E-state index contributed by atoms with van der Waals surface area (Å²) >= 11 is 0. The first-order valence-corrected chi connectivity index (χ1v) is 5.39. The van der Waals surface area contributed by atoms with E-state index in [1.54, 1.807) is 0 Å². The van der Waals surface area contributed by atoms with Crippen LogP contribution in [0.5, 0.6) is 0 Å². The minimum absolute atomic E-state index is 0.0209. The van der Waals surface area contributed by atoms with Crippen LogP contribution in [-0.2, 0) is 4.74 Å². The molecule has 0 unspecified atom stereocenters. The first-order chi connectivity index (χ1) is 6.81. The molecule has 0 bridgehead atoms. The van der Waals surface area contributed by atoms with Gasteiger partial charge in [-0.15, -0.1) is 0 Å². The Hall–Kier alpha value is -0.770. The Morgan fingerprint density at radius 3 is 2.71 bits per heavy atom. The summed E-state index contributed by atoms with van der Waals surface area (Å²) in [6, 6.07) is -0.189. The van der Waals surface area contributed by atoms with Gasteiger partial charge in [-0.05, 0) is 18.8 Å². The van der Waals surface area contributed by atoms with Crippen LogP contribution in [0.25, 0.3) is 0 Å². The van der Waals surface area contributed by atoms with Crippen LogP contribution < -0.4 is 5.32 Å². The van der Waals surface area contributed by atoms with Crippen molar-refractivity contribution in [3.8, 4) is 0 Å². The largest absolute Gasteiger partial charge is 0.444 e. The van der Waals surface area contributed by atoms with E-state index >= 15 is 0 Å². The van der Waals surface area contributed by atoms with Crippen LogP contribution in [-0.4, -0.2) is 30.0 Å². The number of aliphatic hydroxyl groups excluding tert-OH is 1. The van der Waals surface area contributed by atoms with E-state index in [2.05, 4.69) is 5.32 Å². The van der Waals surface area contributed by atoms with E-state index in [1.165, 1.54) is 19.3 Å². The first-order valence-electron chi connectivity index (χ1n) is 5.39. The monoisotopic (exact) mass is 199 g/mol. The van der Waals surface area contributed by atoms with Crippen molar-refractivity contribution < 1.29 is 14.6 Å². The Balaban J connectivity index is 1.97. The predicted octanol–water partition coefficient (Wildman–Crippen LogP) is 1.04. The molecule has 0 radical (unpaired) electrons. The van der Waals surface area contributed by atoms with Crippen LogP contribution in [0.2, 0.25) is 0 Å². The average molecular weight is 199 g/mol. The van der Waals surface area contributed by atoms with E-state index in [-0.39, 0.29) is 24.8 Å². The Kier molecular flexibility index (Phi) is 2.91. The maximum Gasteiger partial charge on any atom is 0.407 e. The van der Waals surface area contributed by atoms with E-state index in [0.717, 1.165) is 12.8 Å². The minimum atomic E-state index is -0.375. The summed E-state index contributed by atoms with van der Waals surface area (Å²) in [5.41, 5.74) is 0. The van der Waals surface area contributed by atoms with Gasteiger partial charge in [0.2, 0.25) is 0 Å². The molecule has 1 aliphatic carbocycles. The van der Waals surface area contributed by atoms with Crippen molar-refractivity contribution >= 4 is 6.09 Å². The van der Waals surface area contributed by atoms with Crippen molar-refractivity contribution in [1.29, 1.82) is 0 Å². The third-order valence-electron chi connectivity index (χ3n) is 3.25. The molecule has 1 aliphatic heterocycles. The van der Waals surface area contributed by atoms with Gasteiger partial charge in [-0.25, -0.2) is 4.79 Å². The summed E-state index contributed by atoms with van der Waals surface area (Å²) in [7, 11) is 0. The van der Waals surface area contributed by atoms with E-state index in [0.29, 0.717) is 5.92 Å². The van der Waals surface area contributed by atoms with Crippen molar-refractivity contribution in [2.45, 2.75) is 44.2 Å². The molecule has 14 heavy (non-hydrogen) atoms. The Morgan fingerprint density at radius 2 is 2.07 bits per heavy atom. The number of cyclic esters (lactones) is 1. The summed E-state index contributed by atoms with van der Waals surface area (Å²) < 4.78 is 5.19. The van der Waals surface area contributed by atoms with Crippen molar-refractivity contribution in [2.24, 2.45) is 5.92 Å². The van der Waals surface area contributed by atoms with Crippen molar-refractivity contribution in [1.82, 2.24) is 5.32 Å². The van der Waals surface area contributed by atoms with Gasteiger partial charge in [0.1, 0.15) is 6.10 Å². The lowest BCUT2D eigenvalue weighted by Crippen LogP contribution is -2.39. The van der Waals surface area contributed by atoms with Gasteiger partial charge in [0.05, 0.1) is 12.6 Å². The van der Waals surface area contributed by atoms with Gasteiger partial charge in [-0.3, -0.25) is 0 Å². The SMILES string of the molecule is O=C1N[C@H](CO)[C@@H](C2CCCCC2)O1. The molecule has 1 amide bonds. The number of ether oxygens (including phenoxy) is 1. The quantitative estimate of drug-likeness (QED) is 0.698. The number of hydrogen-bond acceptors (Lipinski definition) is 3. The number of alkyl carbamates (subject to hydrolysis) is 1. The second-order valence-electron chi connectivity index (χ2n) is 4.20. The predicted molar refractivity (Wildman–Crippen MR) is 50.9 cm³/mol. The summed E-state index contributed by atoms with van der Waals surface area (Å²) in [6.07, 6.45) is 5.49. The van der Waals surface area contributed by atoms with Crippen LogP contribution >= 0.6 is 0 Å². The molecule has 2 rings (SSSR count). The lowest BCUT2D eigenvalue weighted by Gasteiger charge is -2.28. The van der Waals surface area contributed by atoms with Gasteiger partial charge in [0, 0.05) is 0 Å². The maximum atomic E-state index is 11.0. The summed E-state index contributed by atoms with van der Waals surface area (Å²) in [4.78, 5) is 11.0. The Morgan fingerprint density at radius 1 is 1.36 bits per heavy atom. The highest BCUT2D eigenvalue weighted by molar-refractivity contribution is 5.70. The van der Waals surface area contributed by atoms with Crippen molar-refractivity contribution in [3.63, 3.8) is 0 Å². The number of carbonyl (C=O) groups excluding carboxylic acids is 1. The van der Waals surface area contributed by atoms with Gasteiger partial charge in [0.15, 0.2) is 0 Å². The molecule has 4 heteroatoms. The number of nitrogens with one attached hydrogen (secondary N) is 1. The number of carbonyl (C=O) groups is 1. The molecule has 0 aromatic carbocycles. The molecule has 2 aliphatic rings. The third kappa shape index (κ3) is 1.85. The number of amides is 1. The van der Waals surface area contributed by atoms with Crippen molar-refractivity contribution in [3.05, 3.63) is 0 Å². The summed E-state index contributed by atoms with van der Waals surface area (Å²) in [5, 5.41) is 11.7. The topological polar surface area (TPSA) is 58.6 Å². The molecule has 1 saturated heterocycles. The van der Waals surface area contributed by atoms with Gasteiger partial charge < -0.3 is 15.2 Å². The molecule has 80 valence electrons. The molecular weight excluding hydrogens is 182 g/mol. The highest BCUT2D eigenvalue weighted by atomic mass is 16.6. The van der Waals surface area contributed by atoms with Crippen molar-refractivity contribution in [2.75, 3.05) is 6.61 Å². The molecule has 1 saturated carbocycles. The van der Waals surface area contributed by atoms with Gasteiger partial charge >= 0.3 is 6.09 Å². The van der Waals surface area contributed by atoms with Gasteiger partial charge in [0.25, 0.3) is 0 Å². The molecule has 2 N–H and O–H groups in total. The second-order valence-corrected chi connectivity index (χ2v) is 4.20. The molecule has 0 aromatic rings. The zero-order valence-electron chi connectivity index (χ0n) is 8.24. The number of hydrogen-bond donors (Lipinski definition) is 2. The van der Waals surface area contributed by atoms with Crippen LogP contribution in [0.3, 0.4) is 0 Å². The lowest BCUT2D eigenvalue weighted by molar-refractivity contribution is 0.0614. The fourth-order valence-electron chi connectivity index (χ4n) is 2.51. The highest BCUT2D eigenvalue weighted by Crippen LogP contribution is 2.31. The van der Waals surface area contributed by atoms with Gasteiger partial charge in [-0.2, -0.15) is 0 Å². The Bertz CT molecular complexity index is 213. The third-order valence-corrected chi connectivity index (χ3v) is 3.25. The van der Waals surface area contributed by atoms with E-state index in [4.69, 9.17) is 9.84 Å². The number of aliphatic hydroxyl groups is 1. The van der Waals surface area contributed by atoms with Crippen LogP contribution in [0.15, 0.2) is 0 Å². The molecular formula is C10H17NO3. The molecule has 2 atom stereocenters. The zero-order valence-corrected chi connectivity index (χ0v) is 8.24. The van der Waals surface area contributed by atoms with E-state index in [9.17, 15) is 4.79 Å². The average Bonchev–Trinajstić information content (AvgIpc) is 2.61. The van der Waals surface area contributed by atoms with Crippen LogP contribution in [0, 0.1) is 5.92 Å². The summed E-state index contributed by atoms with van der Waals surface area (Å²) in [6.45, 7) is -0.0209. The zero-order chi connectivity index (χ0) is 9.97. The minimum Gasteiger partial charge on any atom is -0.444 e. The lowest BCUT2D eigenvalue weighted by atomic mass is 9.83. The van der Waals surface area contributed by atoms with E-state index in [1.807, 2.05) is 0 Å². The fraction of sp³-hybridized carbons (Fsp3) is 0.900. The molecule has 0 spiro atoms. The standard InChI is InChI=1S/C10H17NO3/c12-6-8-9(14-10(13)11-8)7-4-2-1-3-5-7/h7-9,12H,1-6H2,(H,11,13)/t8-,9-/m1/s1. The van der Waals surface area contributed by atoms with Gasteiger partial charge in [-0.1, -0.05) is 19.3 Å². The first kappa shape index (κ1) is 9.77. The number of rotatable bonds is 2.